The summed E-state index contributed by atoms with van der Waals surface area (Å²) in [6.45, 7) is 13.4. The number of fused-ring (bicyclic) bond motifs is 1. The van der Waals surface area contributed by atoms with E-state index in [9.17, 15) is 14.2 Å². The second kappa shape index (κ2) is 12.0. The molecule has 0 fully saturated rings. The lowest BCUT2D eigenvalue weighted by atomic mass is 9.73. The fraction of sp³-hybridized carbons (Fsp3) is 0.750. The van der Waals surface area contributed by atoms with Crippen LogP contribution in [0.25, 0.3) is 0 Å². The van der Waals surface area contributed by atoms with Gasteiger partial charge in [0.15, 0.2) is 5.75 Å². The maximum Gasteiger partial charge on any atom is 0.410 e. The maximum atomic E-state index is 13.5. The molecule has 0 aliphatic carbocycles. The van der Waals surface area contributed by atoms with E-state index in [0.717, 1.165) is 0 Å². The molecule has 3 atom stereocenters. The molecule has 0 radical (unpaired) electrons. The van der Waals surface area contributed by atoms with Crippen molar-refractivity contribution in [2.45, 2.75) is 65.8 Å². The highest BCUT2D eigenvalue weighted by Crippen LogP contribution is 2.49. The Morgan fingerprint density at radius 1 is 1.31 bits per heavy atom. The van der Waals surface area contributed by atoms with Crippen molar-refractivity contribution in [1.29, 1.82) is 0 Å². The SMILES string of the molecule is CCOP(C)(=O)CCN(C(=O)OC(C)(C)C)C1Cn2cc(Br)c(=O)c(OC)c2C(OCOC)C1(C)C. The topological polar surface area (TPSA) is 106 Å². The molecular weight excluding hydrogens is 555 g/mol. The van der Waals surface area contributed by atoms with Crippen LogP contribution in [0.2, 0.25) is 0 Å². The zero-order valence-electron chi connectivity index (χ0n) is 22.8. The number of pyridine rings is 1. The summed E-state index contributed by atoms with van der Waals surface area (Å²) >= 11 is 3.33. The van der Waals surface area contributed by atoms with E-state index in [1.165, 1.54) is 14.2 Å². The van der Waals surface area contributed by atoms with E-state index in [0.29, 0.717) is 23.3 Å². The molecule has 0 aromatic carbocycles. The molecule has 0 spiro atoms. The second-order valence-corrected chi connectivity index (χ2v) is 14.1. The fourth-order valence-corrected chi connectivity index (χ4v) is 6.12. The van der Waals surface area contributed by atoms with Crippen LogP contribution in [0, 0.1) is 5.41 Å². The summed E-state index contributed by atoms with van der Waals surface area (Å²) in [5.74, 6) is 0.162. The normalized spacial score (nSPS) is 20.8. The van der Waals surface area contributed by atoms with E-state index in [-0.39, 0.29) is 30.7 Å². The van der Waals surface area contributed by atoms with Gasteiger partial charge in [0.1, 0.15) is 18.5 Å². The van der Waals surface area contributed by atoms with Crippen molar-refractivity contribution in [3.63, 3.8) is 0 Å². The van der Waals surface area contributed by atoms with E-state index in [1.807, 2.05) is 18.4 Å². The zero-order chi connectivity index (χ0) is 27.5. The van der Waals surface area contributed by atoms with Crippen LogP contribution in [0.1, 0.15) is 53.3 Å². The molecule has 0 saturated heterocycles. The van der Waals surface area contributed by atoms with Gasteiger partial charge in [0.05, 0.1) is 29.9 Å². The number of ether oxygens (including phenoxy) is 4. The summed E-state index contributed by atoms with van der Waals surface area (Å²) in [4.78, 5) is 28.0. The Balaban J connectivity index is 2.65. The first-order valence-corrected chi connectivity index (χ1v) is 14.9. The average Bonchev–Trinajstić information content (AvgIpc) is 2.74. The molecule has 0 bridgehead atoms. The quantitative estimate of drug-likeness (QED) is 0.279. The number of amides is 1. The van der Waals surface area contributed by atoms with Crippen LogP contribution < -0.4 is 10.2 Å². The van der Waals surface area contributed by atoms with E-state index in [1.54, 1.807) is 45.5 Å². The lowest BCUT2D eigenvalue weighted by Gasteiger charge is -2.50. The van der Waals surface area contributed by atoms with Crippen molar-refractivity contribution < 1.29 is 32.8 Å². The van der Waals surface area contributed by atoms with Gasteiger partial charge in [-0.1, -0.05) is 13.8 Å². The van der Waals surface area contributed by atoms with Gasteiger partial charge in [-0.15, -0.1) is 0 Å². The van der Waals surface area contributed by atoms with Gasteiger partial charge < -0.3 is 32.9 Å². The number of aromatic nitrogens is 1. The lowest BCUT2D eigenvalue weighted by Crippen LogP contribution is -2.57. The molecule has 1 aliphatic heterocycles. The molecule has 1 aromatic rings. The summed E-state index contributed by atoms with van der Waals surface area (Å²) < 4.78 is 43.2. The Kier molecular flexibility index (Phi) is 10.3. The molecule has 1 aliphatic rings. The van der Waals surface area contributed by atoms with Gasteiger partial charge in [-0.2, -0.15) is 0 Å². The van der Waals surface area contributed by atoms with Crippen LogP contribution in [0.4, 0.5) is 4.79 Å². The minimum Gasteiger partial charge on any atom is -0.491 e. The molecule has 3 unspecified atom stereocenters. The third-order valence-electron chi connectivity index (χ3n) is 6.10. The number of nitrogens with zero attached hydrogens (tertiary/aromatic N) is 2. The number of methoxy groups -OCH3 is 2. The van der Waals surface area contributed by atoms with Gasteiger partial charge in [-0.3, -0.25) is 9.36 Å². The molecular formula is C24H40BrN2O8P. The second-order valence-electron chi connectivity index (χ2n) is 10.5. The van der Waals surface area contributed by atoms with Gasteiger partial charge in [0.25, 0.3) is 0 Å². The molecule has 36 heavy (non-hydrogen) atoms. The van der Waals surface area contributed by atoms with Gasteiger partial charge in [0.2, 0.25) is 12.8 Å². The van der Waals surface area contributed by atoms with Gasteiger partial charge >= 0.3 is 6.09 Å². The first-order chi connectivity index (χ1) is 16.6. The van der Waals surface area contributed by atoms with Crippen LogP contribution in [-0.4, -0.2) is 74.2 Å². The van der Waals surface area contributed by atoms with Gasteiger partial charge in [0, 0.05) is 44.6 Å². The molecule has 1 amide bonds. The number of hydrogen-bond acceptors (Lipinski definition) is 8. The summed E-state index contributed by atoms with van der Waals surface area (Å²) in [7, 11) is 0.0206. The number of hydrogen-bond donors (Lipinski definition) is 0. The fourth-order valence-electron chi connectivity index (χ4n) is 4.44. The Morgan fingerprint density at radius 3 is 2.47 bits per heavy atom. The van der Waals surface area contributed by atoms with E-state index >= 15 is 0 Å². The van der Waals surface area contributed by atoms with Crippen LogP contribution in [0.3, 0.4) is 0 Å². The smallest absolute Gasteiger partial charge is 0.410 e. The van der Waals surface area contributed by atoms with Crippen molar-refractivity contribution >= 4 is 29.4 Å². The predicted octanol–water partition coefficient (Wildman–Crippen LogP) is 4.87. The van der Waals surface area contributed by atoms with Crippen molar-refractivity contribution in [2.75, 3.05) is 47.0 Å². The Labute approximate surface area is 222 Å². The minimum atomic E-state index is -2.93. The molecule has 12 heteroatoms. The third kappa shape index (κ3) is 7.13. The monoisotopic (exact) mass is 594 g/mol. The van der Waals surface area contributed by atoms with Gasteiger partial charge in [-0.05, 0) is 43.6 Å². The van der Waals surface area contributed by atoms with Crippen LogP contribution in [-0.2, 0) is 29.8 Å². The summed E-state index contributed by atoms with van der Waals surface area (Å²) in [5.41, 5.74) is -1.20. The lowest BCUT2D eigenvalue weighted by molar-refractivity contribution is -0.146. The highest BCUT2D eigenvalue weighted by Gasteiger charge is 2.50. The molecule has 206 valence electrons. The van der Waals surface area contributed by atoms with E-state index < -0.39 is 36.6 Å². The van der Waals surface area contributed by atoms with E-state index in [2.05, 4.69) is 15.9 Å². The summed E-state index contributed by atoms with van der Waals surface area (Å²) in [5, 5.41) is 0. The van der Waals surface area contributed by atoms with Gasteiger partial charge in [-0.25, -0.2) is 4.79 Å². The number of rotatable bonds is 10. The van der Waals surface area contributed by atoms with Crippen molar-refractivity contribution in [2.24, 2.45) is 5.41 Å². The molecule has 0 N–H and O–H groups in total. The zero-order valence-corrected chi connectivity index (χ0v) is 25.2. The minimum absolute atomic E-state index is 0.0326. The Bertz CT molecular complexity index is 1040. The highest BCUT2D eigenvalue weighted by atomic mass is 79.9. The summed E-state index contributed by atoms with van der Waals surface area (Å²) in [6, 6.07) is -0.456. The maximum absolute atomic E-state index is 13.5. The van der Waals surface area contributed by atoms with E-state index in [4.69, 9.17) is 23.5 Å². The first kappa shape index (κ1) is 30.8. The number of carbonyl (C=O) groups excluding carboxylic acids is 1. The molecule has 2 rings (SSSR count). The summed E-state index contributed by atoms with van der Waals surface area (Å²) in [6.07, 6.45) is 0.639. The first-order valence-electron chi connectivity index (χ1n) is 11.9. The average molecular weight is 595 g/mol. The molecule has 0 saturated carbocycles. The van der Waals surface area contributed by atoms with Crippen molar-refractivity contribution in [1.82, 2.24) is 9.47 Å². The van der Waals surface area contributed by atoms with Crippen molar-refractivity contribution in [3.8, 4) is 5.75 Å². The van der Waals surface area contributed by atoms with Crippen LogP contribution in [0.5, 0.6) is 5.75 Å². The van der Waals surface area contributed by atoms with Crippen molar-refractivity contribution in [3.05, 3.63) is 26.6 Å². The van der Waals surface area contributed by atoms with Crippen LogP contribution in [0.15, 0.2) is 15.5 Å². The predicted molar refractivity (Wildman–Crippen MR) is 141 cm³/mol. The number of halogens is 1. The molecule has 10 nitrogen and oxygen atoms in total. The highest BCUT2D eigenvalue weighted by molar-refractivity contribution is 9.10. The molecule has 2 heterocycles. The molecule has 1 aromatic heterocycles. The Morgan fingerprint density at radius 2 is 1.94 bits per heavy atom. The number of carbonyl (C=O) groups is 1. The third-order valence-corrected chi connectivity index (χ3v) is 8.48. The van der Waals surface area contributed by atoms with Crippen LogP contribution >= 0.6 is 23.3 Å². The Hall–Kier alpha value is -1.39. The standard InChI is InChI=1S/C24H40BrN2O8P/c1-10-34-36(9,30)12-11-27(22(29)35-23(2,3)4)17-14-26-13-16(25)19(28)20(32-8)18(26)21(24(17,5)6)33-15-31-7/h13,17,21H,10-12,14-15H2,1-9H3. The largest absolute Gasteiger partial charge is 0.491 e.